The standard InChI is InChI=1S/C30H33N3S4/c1-2-3-4-5-6-7-8-9-10-11-16-33-31-29-21(25-19-27-23(36-25)14-17-34-27)12-13-22(30(29)32-33)26-20-28-24(37-26)15-18-35-28/h12-15,17-20H,2-11,16H2,1H3. The SMILES string of the molecule is CCCCCCCCCCCCn1nc2c(-c3cc4sccc4s3)ccc(-c3cc4sccc4s3)c2n1. The fraction of sp³-hybridized carbons (Fsp3) is 0.400. The molecule has 7 heteroatoms. The van der Waals surface area contributed by atoms with Crippen molar-refractivity contribution in [1.29, 1.82) is 0 Å². The number of benzene rings is 1. The first-order chi connectivity index (χ1) is 18.3. The number of rotatable bonds is 13. The molecule has 192 valence electrons. The molecule has 0 aliphatic heterocycles. The maximum atomic E-state index is 5.07. The molecule has 0 atom stereocenters. The highest BCUT2D eigenvalue weighted by Crippen LogP contribution is 2.43. The summed E-state index contributed by atoms with van der Waals surface area (Å²) < 4.78 is 5.42. The molecule has 0 saturated carbocycles. The van der Waals surface area contributed by atoms with Gasteiger partial charge in [0.1, 0.15) is 11.0 Å². The van der Waals surface area contributed by atoms with E-state index >= 15 is 0 Å². The van der Waals surface area contributed by atoms with Gasteiger partial charge in [-0.25, -0.2) is 0 Å². The molecule has 6 aromatic rings. The second-order valence-electron chi connectivity index (χ2n) is 9.86. The van der Waals surface area contributed by atoms with Gasteiger partial charge in [-0.3, -0.25) is 0 Å². The van der Waals surface area contributed by atoms with Crippen LogP contribution in [0.25, 0.3) is 50.7 Å². The van der Waals surface area contributed by atoms with E-state index < -0.39 is 0 Å². The molecule has 0 aliphatic rings. The minimum atomic E-state index is 0.892. The Bertz CT molecular complexity index is 1430. The molecule has 0 spiro atoms. The highest BCUT2D eigenvalue weighted by molar-refractivity contribution is 7.29. The van der Waals surface area contributed by atoms with E-state index in [2.05, 4.69) is 54.1 Å². The van der Waals surface area contributed by atoms with Gasteiger partial charge in [0.05, 0.1) is 6.54 Å². The molecule has 0 aliphatic carbocycles. The smallest absolute Gasteiger partial charge is 0.122 e. The van der Waals surface area contributed by atoms with Gasteiger partial charge in [0.15, 0.2) is 0 Å². The summed E-state index contributed by atoms with van der Waals surface area (Å²) in [5.41, 5.74) is 4.49. The van der Waals surface area contributed by atoms with Gasteiger partial charge in [0.2, 0.25) is 0 Å². The van der Waals surface area contributed by atoms with Crippen molar-refractivity contribution in [3.05, 3.63) is 47.2 Å². The van der Waals surface area contributed by atoms with Crippen LogP contribution >= 0.6 is 45.3 Å². The summed E-state index contributed by atoms with van der Waals surface area (Å²) in [6.07, 6.45) is 13.4. The van der Waals surface area contributed by atoms with Crippen molar-refractivity contribution in [2.24, 2.45) is 0 Å². The van der Waals surface area contributed by atoms with Crippen LogP contribution in [0.4, 0.5) is 0 Å². The van der Waals surface area contributed by atoms with Crippen LogP contribution < -0.4 is 0 Å². The maximum absolute atomic E-state index is 5.07. The van der Waals surface area contributed by atoms with E-state index in [9.17, 15) is 0 Å². The lowest BCUT2D eigenvalue weighted by Crippen LogP contribution is -2.02. The van der Waals surface area contributed by atoms with Crippen molar-refractivity contribution >= 4 is 75.2 Å². The van der Waals surface area contributed by atoms with Gasteiger partial charge in [0.25, 0.3) is 0 Å². The van der Waals surface area contributed by atoms with E-state index in [0.717, 1.165) is 24.0 Å². The minimum absolute atomic E-state index is 0.892. The van der Waals surface area contributed by atoms with E-state index in [1.54, 1.807) is 0 Å². The van der Waals surface area contributed by atoms with Crippen LogP contribution in [0.3, 0.4) is 0 Å². The lowest BCUT2D eigenvalue weighted by molar-refractivity contribution is 0.483. The first-order valence-electron chi connectivity index (χ1n) is 13.6. The van der Waals surface area contributed by atoms with E-state index in [-0.39, 0.29) is 0 Å². The summed E-state index contributed by atoms with van der Waals surface area (Å²) >= 11 is 7.35. The van der Waals surface area contributed by atoms with Gasteiger partial charge in [-0.1, -0.05) is 76.8 Å². The summed E-state index contributed by atoms with van der Waals surface area (Å²) in [5, 5.41) is 14.5. The van der Waals surface area contributed by atoms with Crippen molar-refractivity contribution in [2.75, 3.05) is 0 Å². The average molecular weight is 564 g/mol. The zero-order valence-corrected chi connectivity index (χ0v) is 24.6. The molecule has 0 N–H and O–H groups in total. The van der Waals surface area contributed by atoms with E-state index in [4.69, 9.17) is 10.2 Å². The van der Waals surface area contributed by atoms with Crippen LogP contribution in [-0.2, 0) is 6.54 Å². The lowest BCUT2D eigenvalue weighted by atomic mass is 10.1. The largest absolute Gasteiger partial charge is 0.184 e. The normalized spacial score (nSPS) is 12.0. The summed E-state index contributed by atoms with van der Waals surface area (Å²) in [7, 11) is 0. The molecule has 5 heterocycles. The third kappa shape index (κ3) is 5.56. The Balaban J connectivity index is 1.20. The molecule has 0 radical (unpaired) electrons. The number of fused-ring (bicyclic) bond motifs is 3. The molecule has 5 aromatic heterocycles. The third-order valence-corrected chi connectivity index (χ3v) is 11.4. The highest BCUT2D eigenvalue weighted by atomic mass is 32.1. The molecule has 3 nitrogen and oxygen atoms in total. The minimum Gasteiger partial charge on any atom is -0.184 e. The topological polar surface area (TPSA) is 30.7 Å². The Morgan fingerprint density at radius 3 is 1.57 bits per heavy atom. The molecular formula is C30H33N3S4. The van der Waals surface area contributed by atoms with Crippen molar-refractivity contribution in [3.8, 4) is 20.9 Å². The molecule has 0 amide bonds. The Kier molecular flexibility index (Phi) is 8.02. The summed E-state index contributed by atoms with van der Waals surface area (Å²) in [4.78, 5) is 4.54. The fourth-order valence-electron chi connectivity index (χ4n) is 5.07. The number of aromatic nitrogens is 3. The summed E-state index contributed by atoms with van der Waals surface area (Å²) in [6, 6.07) is 13.6. The molecule has 1 aromatic carbocycles. The van der Waals surface area contributed by atoms with Crippen LogP contribution in [0, 0.1) is 0 Å². The maximum Gasteiger partial charge on any atom is 0.122 e. The van der Waals surface area contributed by atoms with Gasteiger partial charge < -0.3 is 0 Å². The average Bonchev–Trinajstić information content (AvgIpc) is 3.70. The van der Waals surface area contributed by atoms with Crippen LogP contribution in [0.15, 0.2) is 47.2 Å². The van der Waals surface area contributed by atoms with Crippen molar-refractivity contribution in [1.82, 2.24) is 15.0 Å². The van der Waals surface area contributed by atoms with Gasteiger partial charge in [0, 0.05) is 39.7 Å². The molecule has 6 rings (SSSR count). The van der Waals surface area contributed by atoms with Gasteiger partial charge >= 0.3 is 0 Å². The Morgan fingerprint density at radius 2 is 1.08 bits per heavy atom. The van der Waals surface area contributed by atoms with E-state index in [1.165, 1.54) is 97.5 Å². The summed E-state index contributed by atoms with van der Waals surface area (Å²) in [5.74, 6) is 0. The second kappa shape index (κ2) is 11.8. The number of thiophene rings is 4. The van der Waals surface area contributed by atoms with Crippen LogP contribution in [0.5, 0.6) is 0 Å². The molecule has 37 heavy (non-hydrogen) atoms. The Morgan fingerprint density at radius 1 is 0.595 bits per heavy atom. The van der Waals surface area contributed by atoms with E-state index in [0.29, 0.717) is 0 Å². The predicted molar refractivity (Wildman–Crippen MR) is 167 cm³/mol. The van der Waals surface area contributed by atoms with E-state index in [1.807, 2.05) is 50.1 Å². The fourth-order valence-corrected chi connectivity index (χ4v) is 9.34. The third-order valence-electron chi connectivity index (χ3n) is 7.10. The Hall–Kier alpha value is -2.06. The number of hydrogen-bond donors (Lipinski definition) is 0. The predicted octanol–water partition coefficient (Wildman–Crippen LogP) is 11.2. The van der Waals surface area contributed by atoms with Crippen molar-refractivity contribution in [2.45, 2.75) is 77.7 Å². The van der Waals surface area contributed by atoms with Crippen LogP contribution in [0.1, 0.15) is 71.1 Å². The second-order valence-corrected chi connectivity index (χ2v) is 13.9. The highest BCUT2D eigenvalue weighted by Gasteiger charge is 2.18. The first-order valence-corrected chi connectivity index (χ1v) is 17.0. The lowest BCUT2D eigenvalue weighted by Gasteiger charge is -2.03. The molecule has 0 saturated heterocycles. The van der Waals surface area contributed by atoms with Crippen LogP contribution in [-0.4, -0.2) is 15.0 Å². The zero-order valence-electron chi connectivity index (χ0n) is 21.4. The number of unbranched alkanes of at least 4 members (excludes halogenated alkanes) is 9. The van der Waals surface area contributed by atoms with Gasteiger partial charge in [-0.15, -0.1) is 45.3 Å². The number of aryl methyl sites for hydroxylation is 1. The quantitative estimate of drug-likeness (QED) is 0.131. The monoisotopic (exact) mass is 563 g/mol. The van der Waals surface area contributed by atoms with Gasteiger partial charge in [-0.2, -0.15) is 15.0 Å². The summed E-state index contributed by atoms with van der Waals surface area (Å²) in [6.45, 7) is 3.18. The first kappa shape index (κ1) is 25.2. The number of hydrogen-bond acceptors (Lipinski definition) is 6. The van der Waals surface area contributed by atoms with Crippen LogP contribution in [0.2, 0.25) is 0 Å². The molecule has 0 fully saturated rings. The van der Waals surface area contributed by atoms with Crippen molar-refractivity contribution in [3.63, 3.8) is 0 Å². The van der Waals surface area contributed by atoms with Gasteiger partial charge in [-0.05, 0) is 41.4 Å². The molecule has 0 unspecified atom stereocenters. The zero-order chi connectivity index (χ0) is 25.0. The number of nitrogens with zero attached hydrogens (tertiary/aromatic N) is 3. The molecule has 0 bridgehead atoms. The van der Waals surface area contributed by atoms with Crippen molar-refractivity contribution < 1.29 is 0 Å². The molecular weight excluding hydrogens is 531 g/mol. The Labute approximate surface area is 234 Å².